The number of aliphatic hydroxyl groups is 1. The summed E-state index contributed by atoms with van der Waals surface area (Å²) in [6, 6.07) is 0. The van der Waals surface area contributed by atoms with Crippen LogP contribution in [-0.2, 0) is 0 Å². The topological polar surface area (TPSA) is 58.3 Å². The normalized spacial score (nSPS) is 42.0. The molecule has 1 unspecified atom stereocenters. The standard InChI is InChI=1S/C7H14N2OS/c8-6(3-9-4-6)7(10)1-2-11-5-7/h9-10H,1-5,8H2. The average molecular weight is 174 g/mol. The Labute approximate surface area is 70.7 Å². The summed E-state index contributed by atoms with van der Waals surface area (Å²) in [5, 5.41) is 13.2. The number of hydrogen-bond donors (Lipinski definition) is 3. The largest absolute Gasteiger partial charge is 0.387 e. The Morgan fingerprint density at radius 3 is 2.55 bits per heavy atom. The van der Waals surface area contributed by atoms with Crippen LogP contribution >= 0.6 is 11.8 Å². The minimum Gasteiger partial charge on any atom is -0.387 e. The van der Waals surface area contributed by atoms with Crippen molar-refractivity contribution < 1.29 is 5.11 Å². The van der Waals surface area contributed by atoms with Crippen LogP contribution in [0, 0.1) is 0 Å². The lowest BCUT2D eigenvalue weighted by Gasteiger charge is -2.49. The van der Waals surface area contributed by atoms with Crippen molar-refractivity contribution in [2.45, 2.75) is 17.6 Å². The second-order valence-electron chi connectivity index (χ2n) is 3.59. The summed E-state index contributed by atoms with van der Waals surface area (Å²) in [5.74, 6) is 1.86. The third kappa shape index (κ3) is 1.01. The number of rotatable bonds is 1. The maximum Gasteiger partial charge on any atom is 0.0948 e. The van der Waals surface area contributed by atoms with Crippen LogP contribution in [0.4, 0.5) is 0 Å². The van der Waals surface area contributed by atoms with E-state index in [1.54, 1.807) is 11.8 Å². The molecule has 1 atom stereocenters. The van der Waals surface area contributed by atoms with Gasteiger partial charge in [0.05, 0.1) is 11.1 Å². The molecule has 3 nitrogen and oxygen atoms in total. The van der Waals surface area contributed by atoms with Gasteiger partial charge in [-0.05, 0) is 12.2 Å². The lowest BCUT2D eigenvalue weighted by atomic mass is 9.75. The molecule has 0 aliphatic carbocycles. The predicted molar refractivity (Wildman–Crippen MR) is 46.7 cm³/mol. The summed E-state index contributed by atoms with van der Waals surface area (Å²) in [5.41, 5.74) is 5.09. The van der Waals surface area contributed by atoms with Crippen LogP contribution in [-0.4, -0.2) is 40.8 Å². The summed E-state index contributed by atoms with van der Waals surface area (Å²) in [6.45, 7) is 1.54. The summed E-state index contributed by atoms with van der Waals surface area (Å²) in [4.78, 5) is 0. The smallest absolute Gasteiger partial charge is 0.0948 e. The number of nitrogens with two attached hydrogens (primary N) is 1. The van der Waals surface area contributed by atoms with E-state index >= 15 is 0 Å². The van der Waals surface area contributed by atoms with Crippen molar-refractivity contribution in [1.82, 2.24) is 5.32 Å². The average Bonchev–Trinajstić information content (AvgIpc) is 2.32. The number of nitrogens with one attached hydrogen (secondary N) is 1. The van der Waals surface area contributed by atoms with Crippen LogP contribution in [0.3, 0.4) is 0 Å². The minimum absolute atomic E-state index is 0.337. The zero-order valence-electron chi connectivity index (χ0n) is 6.47. The highest BCUT2D eigenvalue weighted by atomic mass is 32.2. The molecule has 4 N–H and O–H groups in total. The first-order valence-corrected chi connectivity index (χ1v) is 5.12. The maximum atomic E-state index is 10.1. The van der Waals surface area contributed by atoms with Crippen LogP contribution in [0.25, 0.3) is 0 Å². The van der Waals surface area contributed by atoms with Gasteiger partial charge >= 0.3 is 0 Å². The van der Waals surface area contributed by atoms with Gasteiger partial charge in [0.2, 0.25) is 0 Å². The van der Waals surface area contributed by atoms with E-state index in [4.69, 9.17) is 5.73 Å². The molecule has 2 aliphatic heterocycles. The molecular formula is C7H14N2OS. The van der Waals surface area contributed by atoms with Gasteiger partial charge in [-0.15, -0.1) is 0 Å². The van der Waals surface area contributed by atoms with E-state index in [1.807, 2.05) is 0 Å². The lowest BCUT2D eigenvalue weighted by Crippen LogP contribution is -2.77. The molecule has 0 saturated carbocycles. The molecule has 64 valence electrons. The van der Waals surface area contributed by atoms with Gasteiger partial charge in [0, 0.05) is 18.8 Å². The number of thioether (sulfide) groups is 1. The Balaban J connectivity index is 2.11. The van der Waals surface area contributed by atoms with Crippen LogP contribution in [0.15, 0.2) is 0 Å². The van der Waals surface area contributed by atoms with Gasteiger partial charge in [0.25, 0.3) is 0 Å². The summed E-state index contributed by atoms with van der Waals surface area (Å²) >= 11 is 1.80. The highest BCUT2D eigenvalue weighted by molar-refractivity contribution is 7.99. The van der Waals surface area contributed by atoms with E-state index in [9.17, 15) is 5.11 Å². The first-order valence-electron chi connectivity index (χ1n) is 3.96. The van der Waals surface area contributed by atoms with Crippen molar-refractivity contribution in [2.75, 3.05) is 24.6 Å². The SMILES string of the molecule is NC1(C2(O)CCSC2)CNC1. The molecule has 2 saturated heterocycles. The molecule has 11 heavy (non-hydrogen) atoms. The fourth-order valence-electron chi connectivity index (χ4n) is 1.67. The Bertz CT molecular complexity index is 164. The van der Waals surface area contributed by atoms with E-state index in [1.165, 1.54) is 0 Å². The van der Waals surface area contributed by atoms with Crippen molar-refractivity contribution in [1.29, 1.82) is 0 Å². The third-order valence-corrected chi connectivity index (χ3v) is 3.98. The molecule has 0 radical (unpaired) electrons. The van der Waals surface area contributed by atoms with E-state index < -0.39 is 5.60 Å². The molecule has 0 spiro atoms. The predicted octanol–water partition coefficient (Wildman–Crippen LogP) is -0.845. The molecule has 2 heterocycles. The van der Waals surface area contributed by atoms with Crippen molar-refractivity contribution in [3.05, 3.63) is 0 Å². The molecular weight excluding hydrogens is 160 g/mol. The fraction of sp³-hybridized carbons (Fsp3) is 1.00. The van der Waals surface area contributed by atoms with Gasteiger partial charge in [-0.25, -0.2) is 0 Å². The van der Waals surface area contributed by atoms with Gasteiger partial charge in [0.1, 0.15) is 0 Å². The van der Waals surface area contributed by atoms with Gasteiger partial charge in [0.15, 0.2) is 0 Å². The quantitative estimate of drug-likeness (QED) is 0.485. The second kappa shape index (κ2) is 2.36. The summed E-state index contributed by atoms with van der Waals surface area (Å²) in [7, 11) is 0. The number of hydrogen-bond acceptors (Lipinski definition) is 4. The van der Waals surface area contributed by atoms with E-state index in [0.717, 1.165) is 31.0 Å². The van der Waals surface area contributed by atoms with Crippen LogP contribution in [0.2, 0.25) is 0 Å². The molecule has 0 aromatic carbocycles. The van der Waals surface area contributed by atoms with Crippen molar-refractivity contribution in [3.63, 3.8) is 0 Å². The Kier molecular flexibility index (Phi) is 1.68. The lowest BCUT2D eigenvalue weighted by molar-refractivity contribution is -0.0363. The molecule has 2 aliphatic rings. The van der Waals surface area contributed by atoms with E-state index in [-0.39, 0.29) is 5.54 Å². The highest BCUT2D eigenvalue weighted by Gasteiger charge is 2.52. The summed E-state index contributed by atoms with van der Waals surface area (Å²) in [6.07, 6.45) is 0.857. The minimum atomic E-state index is -0.594. The second-order valence-corrected chi connectivity index (χ2v) is 4.70. The van der Waals surface area contributed by atoms with Gasteiger partial charge < -0.3 is 16.2 Å². The van der Waals surface area contributed by atoms with Crippen LogP contribution in [0.1, 0.15) is 6.42 Å². The monoisotopic (exact) mass is 174 g/mol. The van der Waals surface area contributed by atoms with Crippen LogP contribution in [0.5, 0.6) is 0 Å². The first kappa shape index (κ1) is 7.86. The Hall–Kier alpha value is 0.230. The highest BCUT2D eigenvalue weighted by Crippen LogP contribution is 2.37. The molecule has 0 amide bonds. The zero-order chi connectivity index (χ0) is 7.95. The van der Waals surface area contributed by atoms with Gasteiger partial charge in [-0.1, -0.05) is 0 Å². The van der Waals surface area contributed by atoms with Crippen molar-refractivity contribution >= 4 is 11.8 Å². The van der Waals surface area contributed by atoms with E-state index in [0.29, 0.717) is 0 Å². The molecule has 4 heteroatoms. The van der Waals surface area contributed by atoms with E-state index in [2.05, 4.69) is 5.32 Å². The molecule has 0 aromatic heterocycles. The van der Waals surface area contributed by atoms with Crippen molar-refractivity contribution in [2.24, 2.45) is 5.73 Å². The first-order chi connectivity index (χ1) is 5.16. The zero-order valence-corrected chi connectivity index (χ0v) is 7.28. The van der Waals surface area contributed by atoms with Crippen LogP contribution < -0.4 is 11.1 Å². The maximum absolute atomic E-state index is 10.1. The molecule has 2 fully saturated rings. The molecule has 0 bridgehead atoms. The Morgan fingerprint density at radius 2 is 2.18 bits per heavy atom. The molecule has 0 aromatic rings. The summed E-state index contributed by atoms with van der Waals surface area (Å²) < 4.78 is 0. The van der Waals surface area contributed by atoms with Gasteiger partial charge in [-0.3, -0.25) is 0 Å². The Morgan fingerprint density at radius 1 is 1.45 bits per heavy atom. The van der Waals surface area contributed by atoms with Gasteiger partial charge in [-0.2, -0.15) is 11.8 Å². The van der Waals surface area contributed by atoms with Crippen molar-refractivity contribution in [3.8, 4) is 0 Å². The third-order valence-electron chi connectivity index (χ3n) is 2.81. The fourth-order valence-corrected chi connectivity index (χ4v) is 3.07. The molecule has 2 rings (SSSR count).